The second-order valence-electron chi connectivity index (χ2n) is 3.45. The summed E-state index contributed by atoms with van der Waals surface area (Å²) in [6.45, 7) is 1.08. The van der Waals surface area contributed by atoms with E-state index < -0.39 is 0 Å². The van der Waals surface area contributed by atoms with Crippen LogP contribution in [0, 0.1) is 0 Å². The molecule has 1 heterocycles. The van der Waals surface area contributed by atoms with Crippen LogP contribution in [0.25, 0.3) is 0 Å². The van der Waals surface area contributed by atoms with Gasteiger partial charge in [-0.1, -0.05) is 0 Å². The van der Waals surface area contributed by atoms with Gasteiger partial charge in [-0.05, 0) is 19.0 Å². The van der Waals surface area contributed by atoms with Gasteiger partial charge in [-0.25, -0.2) is 0 Å². The summed E-state index contributed by atoms with van der Waals surface area (Å²) in [5.74, 6) is 0.227. The van der Waals surface area contributed by atoms with Gasteiger partial charge in [0.15, 0.2) is 5.69 Å². The van der Waals surface area contributed by atoms with Gasteiger partial charge in [0, 0.05) is 20.2 Å². The standard InChI is InChI=1S/C10H16N4O2/c1-14(2)10(15)8-4-5-9(13-12-8)16-7-3-6-11/h4-5H,3,6-7,11H2,1-2H3. The number of hydrogen-bond donors (Lipinski definition) is 1. The Morgan fingerprint density at radius 3 is 2.69 bits per heavy atom. The zero-order chi connectivity index (χ0) is 12.0. The molecule has 0 unspecified atom stereocenters. The molecule has 88 valence electrons. The first-order valence-electron chi connectivity index (χ1n) is 5.03. The number of carbonyl (C=O) groups is 1. The molecule has 1 amide bonds. The molecule has 0 aromatic carbocycles. The molecule has 0 saturated carbocycles. The quantitative estimate of drug-likeness (QED) is 0.707. The molecular formula is C10H16N4O2. The number of amides is 1. The molecule has 0 aliphatic rings. The topological polar surface area (TPSA) is 81.3 Å². The van der Waals surface area contributed by atoms with E-state index >= 15 is 0 Å². The van der Waals surface area contributed by atoms with Gasteiger partial charge in [-0.2, -0.15) is 0 Å². The summed E-state index contributed by atoms with van der Waals surface area (Å²) in [4.78, 5) is 12.9. The van der Waals surface area contributed by atoms with E-state index in [0.29, 0.717) is 24.7 Å². The molecule has 0 aliphatic heterocycles. The first-order valence-corrected chi connectivity index (χ1v) is 5.03. The van der Waals surface area contributed by atoms with Crippen LogP contribution in [-0.4, -0.2) is 48.3 Å². The normalized spacial score (nSPS) is 9.94. The SMILES string of the molecule is CN(C)C(=O)c1ccc(OCCCN)nn1. The summed E-state index contributed by atoms with van der Waals surface area (Å²) in [7, 11) is 3.32. The summed E-state index contributed by atoms with van der Waals surface area (Å²) in [6, 6.07) is 3.22. The molecule has 0 aliphatic carbocycles. The lowest BCUT2D eigenvalue weighted by Gasteiger charge is -2.09. The second kappa shape index (κ2) is 6.02. The molecule has 0 bridgehead atoms. The molecule has 0 spiro atoms. The third-order valence-electron chi connectivity index (χ3n) is 1.86. The van der Waals surface area contributed by atoms with Gasteiger partial charge in [0.2, 0.25) is 5.88 Å². The van der Waals surface area contributed by atoms with Crippen LogP contribution in [0.4, 0.5) is 0 Å². The van der Waals surface area contributed by atoms with E-state index in [1.807, 2.05) is 0 Å². The summed E-state index contributed by atoms with van der Waals surface area (Å²) in [6.07, 6.45) is 0.764. The predicted octanol–water partition coefficient (Wildman–Crippen LogP) is -0.0940. The first-order chi connectivity index (χ1) is 7.65. The Morgan fingerprint density at radius 1 is 1.44 bits per heavy atom. The fraction of sp³-hybridized carbons (Fsp3) is 0.500. The van der Waals surface area contributed by atoms with E-state index in [4.69, 9.17) is 10.5 Å². The predicted molar refractivity (Wildman–Crippen MR) is 59.2 cm³/mol. The zero-order valence-corrected chi connectivity index (χ0v) is 9.51. The lowest BCUT2D eigenvalue weighted by molar-refractivity contribution is 0.0820. The summed E-state index contributed by atoms with van der Waals surface area (Å²) in [5.41, 5.74) is 5.63. The minimum atomic E-state index is -0.180. The van der Waals surface area contributed by atoms with Crippen molar-refractivity contribution in [2.24, 2.45) is 5.73 Å². The third-order valence-corrected chi connectivity index (χ3v) is 1.86. The fourth-order valence-electron chi connectivity index (χ4n) is 1.00. The van der Waals surface area contributed by atoms with Crippen molar-refractivity contribution in [3.63, 3.8) is 0 Å². The molecule has 6 nitrogen and oxygen atoms in total. The van der Waals surface area contributed by atoms with Crippen molar-refractivity contribution in [3.05, 3.63) is 17.8 Å². The average Bonchev–Trinajstić information content (AvgIpc) is 2.29. The Labute approximate surface area is 94.4 Å². The maximum absolute atomic E-state index is 11.5. The molecule has 16 heavy (non-hydrogen) atoms. The number of hydrogen-bond acceptors (Lipinski definition) is 5. The van der Waals surface area contributed by atoms with Crippen LogP contribution in [0.5, 0.6) is 5.88 Å². The number of nitrogens with zero attached hydrogens (tertiary/aromatic N) is 3. The molecule has 0 atom stereocenters. The second-order valence-corrected chi connectivity index (χ2v) is 3.45. The molecule has 1 rings (SSSR count). The molecule has 1 aromatic rings. The van der Waals surface area contributed by atoms with Crippen molar-refractivity contribution < 1.29 is 9.53 Å². The smallest absolute Gasteiger partial charge is 0.273 e. The lowest BCUT2D eigenvalue weighted by Crippen LogP contribution is -2.23. The number of nitrogens with two attached hydrogens (primary N) is 1. The molecule has 0 radical (unpaired) electrons. The Morgan fingerprint density at radius 2 is 2.19 bits per heavy atom. The molecule has 1 aromatic heterocycles. The van der Waals surface area contributed by atoms with E-state index in [9.17, 15) is 4.79 Å². The highest BCUT2D eigenvalue weighted by molar-refractivity contribution is 5.91. The Hall–Kier alpha value is -1.69. The maximum atomic E-state index is 11.5. The van der Waals surface area contributed by atoms with Gasteiger partial charge in [0.1, 0.15) is 0 Å². The van der Waals surface area contributed by atoms with Gasteiger partial charge < -0.3 is 15.4 Å². The van der Waals surface area contributed by atoms with Crippen molar-refractivity contribution in [1.29, 1.82) is 0 Å². The van der Waals surface area contributed by atoms with Crippen LogP contribution >= 0.6 is 0 Å². The summed E-state index contributed by atoms with van der Waals surface area (Å²) >= 11 is 0. The van der Waals surface area contributed by atoms with Crippen LogP contribution in [-0.2, 0) is 0 Å². The minimum Gasteiger partial charge on any atom is -0.477 e. The molecule has 0 saturated heterocycles. The molecule has 2 N–H and O–H groups in total. The van der Waals surface area contributed by atoms with Gasteiger partial charge in [-0.15, -0.1) is 10.2 Å². The van der Waals surface area contributed by atoms with Crippen LogP contribution in [0.1, 0.15) is 16.9 Å². The van der Waals surface area contributed by atoms with E-state index in [2.05, 4.69) is 10.2 Å². The van der Waals surface area contributed by atoms with Crippen LogP contribution in [0.3, 0.4) is 0 Å². The Balaban J connectivity index is 2.57. The van der Waals surface area contributed by atoms with E-state index in [1.165, 1.54) is 4.90 Å². The first kappa shape index (κ1) is 12.4. The molecular weight excluding hydrogens is 208 g/mol. The lowest BCUT2D eigenvalue weighted by atomic mass is 10.3. The van der Waals surface area contributed by atoms with Crippen LogP contribution in [0.2, 0.25) is 0 Å². The summed E-state index contributed by atoms with van der Waals surface area (Å²) < 4.78 is 5.26. The number of ether oxygens (including phenoxy) is 1. The number of carbonyl (C=O) groups excluding carboxylic acids is 1. The van der Waals surface area contributed by atoms with Gasteiger partial charge in [0.05, 0.1) is 6.61 Å². The van der Waals surface area contributed by atoms with Crippen molar-refractivity contribution >= 4 is 5.91 Å². The minimum absolute atomic E-state index is 0.180. The van der Waals surface area contributed by atoms with Gasteiger partial charge in [-0.3, -0.25) is 4.79 Å². The van der Waals surface area contributed by atoms with E-state index in [0.717, 1.165) is 6.42 Å². The average molecular weight is 224 g/mol. The molecule has 0 fully saturated rings. The highest BCUT2D eigenvalue weighted by Gasteiger charge is 2.10. The maximum Gasteiger partial charge on any atom is 0.273 e. The van der Waals surface area contributed by atoms with Crippen molar-refractivity contribution in [1.82, 2.24) is 15.1 Å². The monoisotopic (exact) mass is 224 g/mol. The van der Waals surface area contributed by atoms with E-state index in [-0.39, 0.29) is 5.91 Å². The van der Waals surface area contributed by atoms with Crippen LogP contribution < -0.4 is 10.5 Å². The van der Waals surface area contributed by atoms with Crippen molar-refractivity contribution in [3.8, 4) is 5.88 Å². The third kappa shape index (κ3) is 3.47. The van der Waals surface area contributed by atoms with Crippen molar-refractivity contribution in [2.75, 3.05) is 27.2 Å². The highest BCUT2D eigenvalue weighted by atomic mass is 16.5. The fourth-order valence-corrected chi connectivity index (χ4v) is 1.00. The van der Waals surface area contributed by atoms with E-state index in [1.54, 1.807) is 26.2 Å². The highest BCUT2D eigenvalue weighted by Crippen LogP contribution is 2.06. The molecule has 6 heteroatoms. The van der Waals surface area contributed by atoms with Crippen molar-refractivity contribution in [2.45, 2.75) is 6.42 Å². The summed E-state index contributed by atoms with van der Waals surface area (Å²) in [5, 5.41) is 7.57. The van der Waals surface area contributed by atoms with Gasteiger partial charge >= 0.3 is 0 Å². The number of rotatable bonds is 5. The van der Waals surface area contributed by atoms with Gasteiger partial charge in [0.25, 0.3) is 5.91 Å². The number of aromatic nitrogens is 2. The zero-order valence-electron chi connectivity index (χ0n) is 9.51. The Kier molecular flexibility index (Phi) is 4.65. The largest absolute Gasteiger partial charge is 0.477 e. The Bertz CT molecular complexity index is 337. The van der Waals surface area contributed by atoms with Crippen LogP contribution in [0.15, 0.2) is 12.1 Å².